The van der Waals surface area contributed by atoms with Crippen LogP contribution in [0.25, 0.3) is 0 Å². The maximum atomic E-state index is 12.4. The zero-order chi connectivity index (χ0) is 16.2. The molecule has 0 aliphatic carbocycles. The largest absolute Gasteiger partial charge is 0.484 e. The Bertz CT molecular complexity index is 521. The van der Waals surface area contributed by atoms with Gasteiger partial charge in [-0.15, -0.1) is 0 Å². The minimum absolute atomic E-state index is 0.0177. The number of morpholine rings is 1. The van der Waals surface area contributed by atoms with Gasteiger partial charge >= 0.3 is 0 Å². The number of benzene rings is 1. The summed E-state index contributed by atoms with van der Waals surface area (Å²) in [6.45, 7) is 5.41. The van der Waals surface area contributed by atoms with E-state index in [4.69, 9.17) is 25.8 Å². The Labute approximate surface area is 136 Å². The molecule has 22 heavy (non-hydrogen) atoms. The molecular formula is C16H22ClNO4. The van der Waals surface area contributed by atoms with Gasteiger partial charge in [0.1, 0.15) is 5.75 Å². The van der Waals surface area contributed by atoms with E-state index >= 15 is 0 Å². The number of hydrogen-bond donors (Lipinski definition) is 0. The summed E-state index contributed by atoms with van der Waals surface area (Å²) in [4.78, 5) is 14.1. The minimum Gasteiger partial charge on any atom is -0.484 e. The third-order valence-electron chi connectivity index (χ3n) is 3.35. The minimum atomic E-state index is -0.396. The SMILES string of the molecule is COC[C@@H]1CN(C(=O)COc2cccc(Cl)c2)CC(C)(C)O1. The zero-order valence-corrected chi connectivity index (χ0v) is 13.9. The molecule has 1 aliphatic heterocycles. The Balaban J connectivity index is 1.93. The van der Waals surface area contributed by atoms with Crippen LogP contribution in [-0.4, -0.2) is 55.9 Å². The maximum Gasteiger partial charge on any atom is 0.260 e. The first-order valence-corrected chi connectivity index (χ1v) is 7.60. The number of methoxy groups -OCH3 is 1. The van der Waals surface area contributed by atoms with Crippen LogP contribution in [0.3, 0.4) is 0 Å². The second kappa shape index (κ2) is 7.31. The molecule has 1 heterocycles. The van der Waals surface area contributed by atoms with E-state index in [0.717, 1.165) is 0 Å². The maximum absolute atomic E-state index is 12.4. The Morgan fingerprint density at radius 1 is 1.50 bits per heavy atom. The highest BCUT2D eigenvalue weighted by Gasteiger charge is 2.35. The second-order valence-corrected chi connectivity index (χ2v) is 6.41. The number of rotatable bonds is 5. The second-order valence-electron chi connectivity index (χ2n) is 5.98. The van der Waals surface area contributed by atoms with Gasteiger partial charge in [0, 0.05) is 25.2 Å². The van der Waals surface area contributed by atoms with Crippen molar-refractivity contribution in [2.24, 2.45) is 0 Å². The number of carbonyl (C=O) groups excluding carboxylic acids is 1. The van der Waals surface area contributed by atoms with Crippen molar-refractivity contribution in [2.45, 2.75) is 25.6 Å². The highest BCUT2D eigenvalue weighted by molar-refractivity contribution is 6.30. The van der Waals surface area contributed by atoms with E-state index in [0.29, 0.717) is 30.5 Å². The summed E-state index contributed by atoms with van der Waals surface area (Å²) in [6, 6.07) is 7.01. The molecule has 0 spiro atoms. The molecule has 1 atom stereocenters. The van der Waals surface area contributed by atoms with Crippen LogP contribution in [0.4, 0.5) is 0 Å². The number of carbonyl (C=O) groups is 1. The van der Waals surface area contributed by atoms with Gasteiger partial charge in [0.25, 0.3) is 5.91 Å². The first-order valence-electron chi connectivity index (χ1n) is 7.22. The topological polar surface area (TPSA) is 48.0 Å². The van der Waals surface area contributed by atoms with E-state index in [-0.39, 0.29) is 18.6 Å². The molecule has 2 rings (SSSR count). The molecule has 1 aromatic carbocycles. The summed E-state index contributed by atoms with van der Waals surface area (Å²) >= 11 is 5.89. The normalized spacial score (nSPS) is 20.7. The van der Waals surface area contributed by atoms with Gasteiger partial charge in [0.2, 0.25) is 0 Å². The van der Waals surface area contributed by atoms with Crippen LogP contribution in [0.2, 0.25) is 5.02 Å². The summed E-state index contributed by atoms with van der Waals surface area (Å²) in [6.07, 6.45) is -0.121. The van der Waals surface area contributed by atoms with Crippen molar-refractivity contribution in [2.75, 3.05) is 33.4 Å². The van der Waals surface area contributed by atoms with Gasteiger partial charge in [0.05, 0.1) is 18.3 Å². The molecule has 1 aliphatic rings. The summed E-state index contributed by atoms with van der Waals surface area (Å²) in [7, 11) is 1.62. The van der Waals surface area contributed by atoms with Gasteiger partial charge in [-0.05, 0) is 32.0 Å². The molecular weight excluding hydrogens is 306 g/mol. The number of hydrogen-bond acceptors (Lipinski definition) is 4. The van der Waals surface area contributed by atoms with E-state index in [1.54, 1.807) is 36.3 Å². The smallest absolute Gasteiger partial charge is 0.260 e. The lowest BCUT2D eigenvalue weighted by Gasteiger charge is -2.42. The molecule has 5 nitrogen and oxygen atoms in total. The molecule has 1 saturated heterocycles. The molecule has 1 aromatic rings. The summed E-state index contributed by atoms with van der Waals surface area (Å²) in [5.41, 5.74) is -0.396. The molecule has 122 valence electrons. The Hall–Kier alpha value is -1.30. The average Bonchev–Trinajstić information content (AvgIpc) is 2.43. The molecule has 0 saturated carbocycles. The lowest BCUT2D eigenvalue weighted by Crippen LogP contribution is -2.56. The van der Waals surface area contributed by atoms with Crippen molar-refractivity contribution in [1.29, 1.82) is 0 Å². The number of ether oxygens (including phenoxy) is 3. The molecule has 1 amide bonds. The van der Waals surface area contributed by atoms with Crippen LogP contribution in [-0.2, 0) is 14.3 Å². The Morgan fingerprint density at radius 2 is 2.27 bits per heavy atom. The van der Waals surface area contributed by atoms with E-state index in [2.05, 4.69) is 0 Å². The quantitative estimate of drug-likeness (QED) is 0.833. The van der Waals surface area contributed by atoms with E-state index < -0.39 is 5.60 Å². The summed E-state index contributed by atoms with van der Waals surface area (Å²) < 4.78 is 16.5. The molecule has 0 N–H and O–H groups in total. The predicted molar refractivity (Wildman–Crippen MR) is 84.4 cm³/mol. The first-order chi connectivity index (χ1) is 10.4. The van der Waals surface area contributed by atoms with Crippen LogP contribution in [0, 0.1) is 0 Å². The van der Waals surface area contributed by atoms with Crippen molar-refractivity contribution in [3.63, 3.8) is 0 Å². The van der Waals surface area contributed by atoms with Gasteiger partial charge < -0.3 is 19.1 Å². The third kappa shape index (κ3) is 4.87. The van der Waals surface area contributed by atoms with Crippen molar-refractivity contribution >= 4 is 17.5 Å². The van der Waals surface area contributed by atoms with E-state index in [1.165, 1.54) is 0 Å². The summed E-state index contributed by atoms with van der Waals surface area (Å²) in [5, 5.41) is 0.581. The molecule has 1 fully saturated rings. The fourth-order valence-electron chi connectivity index (χ4n) is 2.55. The molecule has 0 aromatic heterocycles. The van der Waals surface area contributed by atoms with Gasteiger partial charge in [-0.1, -0.05) is 17.7 Å². The molecule has 0 radical (unpaired) electrons. The van der Waals surface area contributed by atoms with Crippen molar-refractivity contribution in [3.05, 3.63) is 29.3 Å². The lowest BCUT2D eigenvalue weighted by atomic mass is 10.1. The fourth-order valence-corrected chi connectivity index (χ4v) is 2.73. The molecule has 0 bridgehead atoms. The Morgan fingerprint density at radius 3 is 2.95 bits per heavy atom. The van der Waals surface area contributed by atoms with Gasteiger partial charge in [-0.25, -0.2) is 0 Å². The highest BCUT2D eigenvalue weighted by Crippen LogP contribution is 2.22. The fraction of sp³-hybridized carbons (Fsp3) is 0.562. The third-order valence-corrected chi connectivity index (χ3v) is 3.58. The van der Waals surface area contributed by atoms with Gasteiger partial charge in [-0.2, -0.15) is 0 Å². The standard InChI is InChI=1S/C16H22ClNO4/c1-16(2)11-18(8-14(22-16)9-20-3)15(19)10-21-13-6-4-5-12(17)7-13/h4-7,14H,8-11H2,1-3H3/t14-/m0/s1. The van der Waals surface area contributed by atoms with Crippen LogP contribution >= 0.6 is 11.6 Å². The van der Waals surface area contributed by atoms with Crippen molar-refractivity contribution < 1.29 is 19.0 Å². The zero-order valence-electron chi connectivity index (χ0n) is 13.2. The molecule has 6 heteroatoms. The number of halogens is 1. The monoisotopic (exact) mass is 327 g/mol. The van der Waals surface area contributed by atoms with Gasteiger partial charge in [-0.3, -0.25) is 4.79 Å². The van der Waals surface area contributed by atoms with E-state index in [9.17, 15) is 4.79 Å². The van der Waals surface area contributed by atoms with Crippen LogP contribution in [0.15, 0.2) is 24.3 Å². The number of amides is 1. The predicted octanol–water partition coefficient (Wildman–Crippen LogP) is 2.37. The highest BCUT2D eigenvalue weighted by atomic mass is 35.5. The first kappa shape index (κ1) is 17.1. The molecule has 0 unspecified atom stereocenters. The van der Waals surface area contributed by atoms with Crippen molar-refractivity contribution in [1.82, 2.24) is 4.90 Å². The van der Waals surface area contributed by atoms with Gasteiger partial charge in [0.15, 0.2) is 6.61 Å². The van der Waals surface area contributed by atoms with Crippen LogP contribution in [0.5, 0.6) is 5.75 Å². The lowest BCUT2D eigenvalue weighted by molar-refractivity contribution is -0.170. The van der Waals surface area contributed by atoms with Crippen LogP contribution < -0.4 is 4.74 Å². The number of nitrogens with zero attached hydrogens (tertiary/aromatic N) is 1. The van der Waals surface area contributed by atoms with E-state index in [1.807, 2.05) is 13.8 Å². The van der Waals surface area contributed by atoms with Crippen LogP contribution in [0.1, 0.15) is 13.8 Å². The Kier molecular flexibility index (Phi) is 5.67. The van der Waals surface area contributed by atoms with Crippen molar-refractivity contribution in [3.8, 4) is 5.75 Å². The average molecular weight is 328 g/mol. The summed E-state index contributed by atoms with van der Waals surface area (Å²) in [5.74, 6) is 0.513.